The van der Waals surface area contributed by atoms with Crippen LogP contribution in [0.2, 0.25) is 4.47 Å². The minimum Gasteiger partial charge on any atom is -0.273 e. The summed E-state index contributed by atoms with van der Waals surface area (Å²) < 4.78 is 77.0. The Morgan fingerprint density at radius 1 is 1.15 bits per heavy atom. The van der Waals surface area contributed by atoms with Crippen LogP contribution in [0.5, 0.6) is 0 Å². The number of nitrogens with zero attached hydrogens (tertiary/aromatic N) is 1. The molecule has 0 bridgehead atoms. The number of nitrogens with one attached hydrogen (secondary N) is 1. The third-order valence-corrected chi connectivity index (χ3v) is 5.00. The summed E-state index contributed by atoms with van der Waals surface area (Å²) in [5.74, 6) is -7.18. The third-order valence-electron chi connectivity index (χ3n) is 2.07. The Morgan fingerprint density at radius 2 is 1.70 bits per heavy atom. The summed E-state index contributed by atoms with van der Waals surface area (Å²) in [4.78, 5) is 3.43. The summed E-state index contributed by atoms with van der Waals surface area (Å²) in [5, 5.41) is 0. The molecule has 4 nitrogen and oxygen atoms in total. The van der Waals surface area contributed by atoms with Crippen molar-refractivity contribution in [2.24, 2.45) is 0 Å². The molecular formula is C9H3ClF4N2O2S2. The number of benzene rings is 1. The summed E-state index contributed by atoms with van der Waals surface area (Å²) in [6.07, 6.45) is 0.834. The summed E-state index contributed by atoms with van der Waals surface area (Å²) >= 11 is 5.93. The van der Waals surface area contributed by atoms with Crippen LogP contribution in [0.1, 0.15) is 0 Å². The molecule has 0 spiro atoms. The number of thiazole rings is 1. The van der Waals surface area contributed by atoms with Gasteiger partial charge in [-0.3, -0.25) is 4.72 Å². The highest BCUT2D eigenvalue weighted by Crippen LogP contribution is 2.29. The van der Waals surface area contributed by atoms with Gasteiger partial charge in [-0.2, -0.15) is 0 Å². The number of sulfonamides is 1. The monoisotopic (exact) mass is 346 g/mol. The minimum absolute atomic E-state index is 0.0357. The van der Waals surface area contributed by atoms with Crippen molar-refractivity contribution in [1.82, 2.24) is 4.98 Å². The van der Waals surface area contributed by atoms with Crippen molar-refractivity contribution in [2.75, 3.05) is 4.72 Å². The van der Waals surface area contributed by atoms with Gasteiger partial charge in [-0.1, -0.05) is 22.9 Å². The first-order chi connectivity index (χ1) is 9.22. The zero-order valence-electron chi connectivity index (χ0n) is 9.12. The maximum absolute atomic E-state index is 13.3. The Balaban J connectivity index is 2.50. The first-order valence-electron chi connectivity index (χ1n) is 4.69. The lowest BCUT2D eigenvalue weighted by Crippen LogP contribution is -2.15. The molecule has 0 aliphatic rings. The normalized spacial score (nSPS) is 11.7. The van der Waals surface area contributed by atoms with Crippen LogP contribution >= 0.6 is 22.9 Å². The smallest absolute Gasteiger partial charge is 0.273 e. The predicted molar refractivity (Wildman–Crippen MR) is 64.2 cm³/mol. The second-order valence-electron chi connectivity index (χ2n) is 3.38. The molecule has 0 radical (unpaired) electrons. The molecule has 1 N–H and O–H groups in total. The molecular weight excluding hydrogens is 344 g/mol. The number of hydrogen-bond acceptors (Lipinski definition) is 4. The Kier molecular flexibility index (Phi) is 3.89. The quantitative estimate of drug-likeness (QED) is 0.686. The van der Waals surface area contributed by atoms with E-state index < -0.39 is 43.2 Å². The maximum Gasteiger partial charge on any atom is 0.273 e. The van der Waals surface area contributed by atoms with Crippen LogP contribution in [0.3, 0.4) is 0 Å². The molecule has 0 amide bonds. The fraction of sp³-hybridized carbons (Fsp3) is 0. The van der Waals surface area contributed by atoms with Gasteiger partial charge in [0.1, 0.15) is 5.69 Å². The molecule has 1 heterocycles. The van der Waals surface area contributed by atoms with Gasteiger partial charge in [0.15, 0.2) is 31.9 Å². The van der Waals surface area contributed by atoms with Crippen LogP contribution in [0.4, 0.5) is 23.2 Å². The fourth-order valence-electron chi connectivity index (χ4n) is 1.21. The third kappa shape index (κ3) is 2.72. The second kappa shape index (κ2) is 5.19. The SMILES string of the molecule is O=S(=O)(Nc1c(F)c(F)cc(F)c1F)c1cnc(Cl)s1. The average molecular weight is 347 g/mol. The molecule has 1 aromatic heterocycles. The van der Waals surface area contributed by atoms with E-state index in [1.165, 1.54) is 4.72 Å². The molecule has 2 rings (SSSR count). The van der Waals surface area contributed by atoms with Crippen molar-refractivity contribution >= 4 is 38.6 Å². The van der Waals surface area contributed by atoms with Gasteiger partial charge in [0.25, 0.3) is 10.0 Å². The molecule has 0 saturated heterocycles. The summed E-state index contributed by atoms with van der Waals surface area (Å²) in [6.45, 7) is 0. The van der Waals surface area contributed by atoms with Crippen LogP contribution in [0, 0.1) is 23.3 Å². The molecule has 0 atom stereocenters. The molecule has 108 valence electrons. The topological polar surface area (TPSA) is 59.1 Å². The van der Waals surface area contributed by atoms with Crippen LogP contribution in [0.25, 0.3) is 0 Å². The Bertz CT molecular complexity index is 752. The van der Waals surface area contributed by atoms with Gasteiger partial charge >= 0.3 is 0 Å². The number of aromatic nitrogens is 1. The second-order valence-corrected chi connectivity index (χ2v) is 6.90. The van der Waals surface area contributed by atoms with Crippen molar-refractivity contribution < 1.29 is 26.0 Å². The summed E-state index contributed by atoms with van der Waals surface area (Å²) in [5.41, 5.74) is -1.45. The summed E-state index contributed by atoms with van der Waals surface area (Å²) in [7, 11) is -4.46. The standard InChI is InChI=1S/C9H3ClF4N2O2S2/c10-9-15-2-5(19-9)20(17,18)16-8-6(13)3(11)1-4(12)7(8)14/h1-2,16H. The van der Waals surface area contributed by atoms with E-state index in [9.17, 15) is 26.0 Å². The fourth-order valence-corrected chi connectivity index (χ4v) is 3.56. The van der Waals surface area contributed by atoms with Crippen molar-refractivity contribution in [3.05, 3.63) is 40.0 Å². The van der Waals surface area contributed by atoms with Crippen molar-refractivity contribution in [3.63, 3.8) is 0 Å². The van der Waals surface area contributed by atoms with Gasteiger partial charge in [-0.25, -0.2) is 31.0 Å². The highest BCUT2D eigenvalue weighted by Gasteiger charge is 2.25. The van der Waals surface area contributed by atoms with Gasteiger partial charge in [0.05, 0.1) is 6.20 Å². The average Bonchev–Trinajstić information content (AvgIpc) is 2.80. The van der Waals surface area contributed by atoms with Crippen molar-refractivity contribution in [3.8, 4) is 0 Å². The highest BCUT2D eigenvalue weighted by atomic mass is 35.5. The van der Waals surface area contributed by atoms with Gasteiger partial charge in [-0.05, 0) is 0 Å². The van der Waals surface area contributed by atoms with E-state index >= 15 is 0 Å². The lowest BCUT2D eigenvalue weighted by molar-refractivity contribution is 0.459. The van der Waals surface area contributed by atoms with E-state index in [2.05, 4.69) is 4.98 Å². The van der Waals surface area contributed by atoms with E-state index in [1.807, 2.05) is 0 Å². The maximum atomic E-state index is 13.3. The van der Waals surface area contributed by atoms with Crippen LogP contribution < -0.4 is 4.72 Å². The molecule has 11 heteroatoms. The van der Waals surface area contributed by atoms with Crippen LogP contribution in [-0.2, 0) is 10.0 Å². The number of halogens is 5. The molecule has 20 heavy (non-hydrogen) atoms. The van der Waals surface area contributed by atoms with Crippen molar-refractivity contribution in [1.29, 1.82) is 0 Å². The Labute approximate surface area is 119 Å². The predicted octanol–water partition coefficient (Wildman–Crippen LogP) is 3.15. The van der Waals surface area contributed by atoms with E-state index in [-0.39, 0.29) is 10.5 Å². The van der Waals surface area contributed by atoms with Gasteiger partial charge in [0, 0.05) is 6.07 Å². The van der Waals surface area contributed by atoms with Crippen LogP contribution in [0.15, 0.2) is 16.5 Å². The first-order valence-corrected chi connectivity index (χ1v) is 7.37. The van der Waals surface area contributed by atoms with Gasteiger partial charge in [0.2, 0.25) is 0 Å². The van der Waals surface area contributed by atoms with Crippen molar-refractivity contribution in [2.45, 2.75) is 4.21 Å². The molecule has 0 unspecified atom stereocenters. The Hall–Kier alpha value is -1.39. The Morgan fingerprint density at radius 3 is 2.15 bits per heavy atom. The minimum atomic E-state index is -4.46. The molecule has 0 fully saturated rings. The lowest BCUT2D eigenvalue weighted by atomic mass is 10.3. The molecule has 0 saturated carbocycles. The van der Waals surface area contributed by atoms with E-state index in [1.54, 1.807) is 0 Å². The summed E-state index contributed by atoms with van der Waals surface area (Å²) in [6, 6.07) is -0.0357. The zero-order chi connectivity index (χ0) is 15.1. The van der Waals surface area contributed by atoms with Gasteiger partial charge < -0.3 is 0 Å². The molecule has 0 aliphatic heterocycles. The highest BCUT2D eigenvalue weighted by molar-refractivity contribution is 7.94. The van der Waals surface area contributed by atoms with E-state index in [0.29, 0.717) is 11.3 Å². The first kappa shape index (κ1) is 15.0. The van der Waals surface area contributed by atoms with E-state index in [4.69, 9.17) is 11.6 Å². The molecule has 1 aromatic carbocycles. The number of rotatable bonds is 3. The largest absolute Gasteiger partial charge is 0.273 e. The lowest BCUT2D eigenvalue weighted by Gasteiger charge is -2.09. The zero-order valence-corrected chi connectivity index (χ0v) is 11.5. The molecule has 2 aromatic rings. The van der Waals surface area contributed by atoms with Gasteiger partial charge in [-0.15, -0.1) is 0 Å². The number of anilines is 1. The van der Waals surface area contributed by atoms with Crippen LogP contribution in [-0.4, -0.2) is 13.4 Å². The van der Waals surface area contributed by atoms with E-state index in [0.717, 1.165) is 6.20 Å². The molecule has 0 aliphatic carbocycles. The number of hydrogen-bond donors (Lipinski definition) is 1.